The number of fused-ring (bicyclic) bond motifs is 2. The molecule has 31 heavy (non-hydrogen) atoms. The smallest absolute Gasteiger partial charge is 0.310 e. The van der Waals surface area contributed by atoms with E-state index in [-0.39, 0.29) is 17.1 Å². The van der Waals surface area contributed by atoms with Crippen LogP contribution in [0.1, 0.15) is 30.3 Å². The summed E-state index contributed by atoms with van der Waals surface area (Å²) >= 11 is 0. The van der Waals surface area contributed by atoms with Crippen LogP contribution in [0.4, 0.5) is 13.2 Å². The van der Waals surface area contributed by atoms with Crippen LogP contribution in [0.25, 0.3) is 27.7 Å². The fourth-order valence-corrected chi connectivity index (χ4v) is 4.11. The first-order chi connectivity index (χ1) is 14.8. The first-order valence-corrected chi connectivity index (χ1v) is 10.1. The van der Waals surface area contributed by atoms with Crippen molar-refractivity contribution in [2.75, 3.05) is 20.1 Å². The Bertz CT molecular complexity index is 1330. The normalized spacial score (nSPS) is 16.4. The van der Waals surface area contributed by atoms with E-state index in [0.29, 0.717) is 16.5 Å². The van der Waals surface area contributed by atoms with E-state index in [1.165, 1.54) is 10.5 Å². The van der Waals surface area contributed by atoms with Gasteiger partial charge in [0.2, 0.25) is 0 Å². The van der Waals surface area contributed by atoms with Crippen LogP contribution in [0.5, 0.6) is 0 Å². The van der Waals surface area contributed by atoms with E-state index in [4.69, 9.17) is 0 Å². The molecule has 4 aromatic rings. The summed E-state index contributed by atoms with van der Waals surface area (Å²) in [7, 11) is 2.08. The molecular weight excluding hydrogens is 407 g/mol. The molecule has 1 fully saturated rings. The summed E-state index contributed by atoms with van der Waals surface area (Å²) in [5.74, 6) is 0.956. The predicted molar refractivity (Wildman–Crippen MR) is 111 cm³/mol. The fourth-order valence-electron chi connectivity index (χ4n) is 4.11. The lowest BCUT2D eigenvalue weighted by molar-refractivity contribution is -0.140. The maximum absolute atomic E-state index is 12.9. The van der Waals surface area contributed by atoms with E-state index < -0.39 is 11.9 Å². The summed E-state index contributed by atoms with van der Waals surface area (Å²) < 4.78 is 40.1. The monoisotopic (exact) mass is 427 g/mol. The van der Waals surface area contributed by atoms with Crippen LogP contribution in [0.2, 0.25) is 0 Å². The number of alkyl halides is 3. The molecule has 1 aromatic carbocycles. The molecule has 0 unspecified atom stereocenters. The molecule has 5 rings (SSSR count). The molecule has 4 heterocycles. The maximum Gasteiger partial charge on any atom is 0.434 e. The third-order valence-electron chi connectivity index (χ3n) is 5.90. The quantitative estimate of drug-likeness (QED) is 0.524. The maximum atomic E-state index is 12.9. The van der Waals surface area contributed by atoms with Gasteiger partial charge in [0.05, 0.1) is 10.9 Å². The number of benzene rings is 1. The largest absolute Gasteiger partial charge is 0.434 e. The minimum Gasteiger partial charge on any atom is -0.310 e. The highest BCUT2D eigenvalue weighted by Crippen LogP contribution is 2.30. The van der Waals surface area contributed by atoms with Crippen molar-refractivity contribution >= 4 is 16.6 Å². The molecule has 0 radical (unpaired) electrons. The Morgan fingerprint density at radius 1 is 1.03 bits per heavy atom. The van der Waals surface area contributed by atoms with Crippen LogP contribution >= 0.6 is 0 Å². The van der Waals surface area contributed by atoms with Crippen LogP contribution in [0, 0.1) is 0 Å². The van der Waals surface area contributed by atoms with Crippen molar-refractivity contribution in [2.45, 2.75) is 24.9 Å². The molecule has 0 aliphatic carbocycles. The van der Waals surface area contributed by atoms with Gasteiger partial charge in [-0.3, -0.25) is 4.79 Å². The van der Waals surface area contributed by atoms with Crippen molar-refractivity contribution < 1.29 is 13.2 Å². The highest BCUT2D eigenvalue weighted by molar-refractivity contribution is 5.83. The van der Waals surface area contributed by atoms with Gasteiger partial charge >= 0.3 is 6.18 Å². The summed E-state index contributed by atoms with van der Waals surface area (Å²) in [5.41, 5.74) is 1.08. The topological polar surface area (TPSA) is 66.3 Å². The number of H-pyrrole nitrogens is 1. The highest BCUT2D eigenvalue weighted by atomic mass is 19.4. The Kier molecular flexibility index (Phi) is 4.58. The third kappa shape index (κ3) is 3.69. The van der Waals surface area contributed by atoms with E-state index in [9.17, 15) is 18.0 Å². The second-order valence-electron chi connectivity index (χ2n) is 8.07. The number of aromatic nitrogens is 4. The molecular formula is C22H20F3N5O. The minimum absolute atomic E-state index is 0.205. The molecule has 0 amide bonds. The first kappa shape index (κ1) is 19.7. The molecule has 1 aliphatic rings. The molecule has 1 N–H and O–H groups in total. The van der Waals surface area contributed by atoms with Crippen molar-refractivity contribution in [1.82, 2.24) is 24.3 Å². The van der Waals surface area contributed by atoms with Crippen LogP contribution in [0.15, 0.2) is 47.5 Å². The molecule has 1 saturated heterocycles. The molecule has 3 aromatic heterocycles. The lowest BCUT2D eigenvalue weighted by Crippen LogP contribution is -2.30. The van der Waals surface area contributed by atoms with E-state index in [0.717, 1.165) is 43.5 Å². The Morgan fingerprint density at radius 3 is 2.52 bits per heavy atom. The first-order valence-electron chi connectivity index (χ1n) is 10.1. The molecule has 0 bridgehead atoms. The number of piperidine rings is 1. The summed E-state index contributed by atoms with van der Waals surface area (Å²) in [6.45, 7) is 1.94. The van der Waals surface area contributed by atoms with Gasteiger partial charge in [-0.2, -0.15) is 13.2 Å². The number of nitrogens with zero attached hydrogens (tertiary/aromatic N) is 4. The standard InChI is InChI=1S/C22H20F3N5O/c1-29-8-6-13(7-9-29)20-26-17-4-2-14(10-16(17)21(31)28-20)15-3-5-19-27-18(22(23,24)25)12-30(19)11-15/h2-5,10-13H,6-9H2,1H3,(H,26,28,31). The lowest BCUT2D eigenvalue weighted by Gasteiger charge is -2.28. The van der Waals surface area contributed by atoms with E-state index in [2.05, 4.69) is 26.9 Å². The number of imidazole rings is 1. The molecule has 0 saturated carbocycles. The predicted octanol–water partition coefficient (Wildman–Crippen LogP) is 4.07. The van der Waals surface area contributed by atoms with Crippen LogP contribution in [0.3, 0.4) is 0 Å². The molecule has 1 aliphatic heterocycles. The number of hydrogen-bond acceptors (Lipinski definition) is 4. The Hall–Kier alpha value is -3.20. The Morgan fingerprint density at radius 2 is 1.77 bits per heavy atom. The van der Waals surface area contributed by atoms with Gasteiger partial charge in [0, 0.05) is 18.3 Å². The van der Waals surface area contributed by atoms with Gasteiger partial charge in [-0.15, -0.1) is 0 Å². The number of likely N-dealkylation sites (tertiary alicyclic amines) is 1. The average Bonchev–Trinajstić information content (AvgIpc) is 3.18. The Labute approximate surface area is 175 Å². The zero-order chi connectivity index (χ0) is 21.8. The van der Waals surface area contributed by atoms with Gasteiger partial charge in [0.15, 0.2) is 5.69 Å². The molecule has 6 nitrogen and oxygen atoms in total. The van der Waals surface area contributed by atoms with Crippen LogP contribution < -0.4 is 5.56 Å². The molecule has 0 spiro atoms. The second-order valence-corrected chi connectivity index (χ2v) is 8.07. The second kappa shape index (κ2) is 7.19. The van der Waals surface area contributed by atoms with Gasteiger partial charge in [0.25, 0.3) is 5.56 Å². The van der Waals surface area contributed by atoms with Gasteiger partial charge < -0.3 is 14.3 Å². The zero-order valence-corrected chi connectivity index (χ0v) is 16.8. The summed E-state index contributed by atoms with van der Waals surface area (Å²) in [5, 5.41) is 0.455. The van der Waals surface area contributed by atoms with E-state index in [1.54, 1.807) is 24.4 Å². The number of aromatic amines is 1. The number of rotatable bonds is 2. The van der Waals surface area contributed by atoms with Crippen molar-refractivity contribution in [3.63, 3.8) is 0 Å². The number of halogens is 3. The van der Waals surface area contributed by atoms with Gasteiger partial charge in [-0.1, -0.05) is 6.07 Å². The van der Waals surface area contributed by atoms with Crippen LogP contribution in [-0.2, 0) is 6.18 Å². The van der Waals surface area contributed by atoms with Crippen molar-refractivity contribution in [2.24, 2.45) is 0 Å². The summed E-state index contributed by atoms with van der Waals surface area (Å²) in [4.78, 5) is 26.3. The highest BCUT2D eigenvalue weighted by Gasteiger charge is 2.33. The van der Waals surface area contributed by atoms with Crippen molar-refractivity contribution in [3.05, 3.63) is 64.6 Å². The lowest BCUT2D eigenvalue weighted by atomic mass is 9.96. The third-order valence-corrected chi connectivity index (χ3v) is 5.90. The van der Waals surface area contributed by atoms with Gasteiger partial charge in [0.1, 0.15) is 11.5 Å². The minimum atomic E-state index is -4.50. The molecule has 0 atom stereocenters. The van der Waals surface area contributed by atoms with Crippen LogP contribution in [-0.4, -0.2) is 44.4 Å². The number of hydrogen-bond donors (Lipinski definition) is 1. The van der Waals surface area contributed by atoms with Crippen molar-refractivity contribution in [3.8, 4) is 11.1 Å². The zero-order valence-electron chi connectivity index (χ0n) is 16.8. The number of pyridine rings is 1. The summed E-state index contributed by atoms with van der Waals surface area (Å²) in [6.07, 6.45) is -0.0589. The van der Waals surface area contributed by atoms with E-state index in [1.807, 2.05) is 6.07 Å². The van der Waals surface area contributed by atoms with E-state index >= 15 is 0 Å². The molecule has 160 valence electrons. The van der Waals surface area contributed by atoms with Gasteiger partial charge in [-0.25, -0.2) is 9.97 Å². The van der Waals surface area contributed by atoms with Gasteiger partial charge in [-0.05, 0) is 68.4 Å². The SMILES string of the molecule is CN1CCC(c2nc3ccc(-c4ccc5nc(C(F)(F)F)cn5c4)cc3c(=O)[nH]2)CC1. The summed E-state index contributed by atoms with van der Waals surface area (Å²) in [6, 6.07) is 8.56. The van der Waals surface area contributed by atoms with Crippen molar-refractivity contribution in [1.29, 1.82) is 0 Å². The fraction of sp³-hybridized carbons (Fsp3) is 0.318. The average molecular weight is 427 g/mol. The molecule has 9 heteroatoms. The number of nitrogens with one attached hydrogen (secondary N) is 1. The Balaban J connectivity index is 1.51.